The predicted octanol–water partition coefficient (Wildman–Crippen LogP) is 4.26. The molecule has 0 bridgehead atoms. The van der Waals surface area contributed by atoms with Crippen molar-refractivity contribution in [2.24, 2.45) is 5.92 Å². The molecule has 4 nitrogen and oxygen atoms in total. The molecule has 1 amide bonds. The Morgan fingerprint density at radius 1 is 1.22 bits per heavy atom. The Balaban J connectivity index is 1.71. The first-order chi connectivity index (χ1) is 11.2. The Morgan fingerprint density at radius 2 is 1.91 bits per heavy atom. The summed E-state index contributed by atoms with van der Waals surface area (Å²) in [6.45, 7) is 2.57. The number of carbonyl (C=O) groups is 1. The van der Waals surface area contributed by atoms with Crippen LogP contribution in [0.5, 0.6) is 5.75 Å². The molecular formula is C18H26N2O2S. The van der Waals surface area contributed by atoms with Gasteiger partial charge >= 0.3 is 0 Å². The first kappa shape index (κ1) is 17.7. The molecule has 0 radical (unpaired) electrons. The number of rotatable bonds is 6. The van der Waals surface area contributed by atoms with E-state index in [1.807, 2.05) is 24.3 Å². The molecule has 0 atom stereocenters. The minimum Gasteiger partial charge on any atom is -0.494 e. The summed E-state index contributed by atoms with van der Waals surface area (Å²) in [4.78, 5) is 11.3. The highest BCUT2D eigenvalue weighted by Crippen LogP contribution is 2.26. The van der Waals surface area contributed by atoms with Crippen molar-refractivity contribution in [1.29, 1.82) is 0 Å². The molecule has 0 saturated heterocycles. The van der Waals surface area contributed by atoms with Crippen molar-refractivity contribution in [3.05, 3.63) is 24.3 Å². The second-order valence-electron chi connectivity index (χ2n) is 6.02. The quantitative estimate of drug-likeness (QED) is 0.763. The van der Waals surface area contributed by atoms with Crippen LogP contribution in [-0.2, 0) is 4.79 Å². The van der Waals surface area contributed by atoms with Gasteiger partial charge in [0.05, 0.1) is 6.61 Å². The molecule has 0 aliphatic heterocycles. The first-order valence-electron chi connectivity index (χ1n) is 8.51. The molecule has 5 heteroatoms. The fraction of sp³-hybridized carbons (Fsp3) is 0.556. The summed E-state index contributed by atoms with van der Waals surface area (Å²) in [6.07, 6.45) is 8.41. The van der Waals surface area contributed by atoms with Crippen LogP contribution in [0.4, 0.5) is 5.69 Å². The number of benzene rings is 1. The molecule has 23 heavy (non-hydrogen) atoms. The monoisotopic (exact) mass is 334 g/mol. The van der Waals surface area contributed by atoms with E-state index in [0.717, 1.165) is 30.4 Å². The Bertz CT molecular complexity index is 510. The molecule has 1 aromatic carbocycles. The maximum absolute atomic E-state index is 11.3. The highest BCUT2D eigenvalue weighted by molar-refractivity contribution is 7.80. The summed E-state index contributed by atoms with van der Waals surface area (Å²) in [5.74, 6) is 1.62. The van der Waals surface area contributed by atoms with Crippen molar-refractivity contribution in [3.8, 4) is 5.75 Å². The lowest BCUT2D eigenvalue weighted by Crippen LogP contribution is -2.33. The normalized spacial score (nSPS) is 15.0. The smallest absolute Gasteiger partial charge is 0.225 e. The van der Waals surface area contributed by atoms with E-state index >= 15 is 0 Å². The van der Waals surface area contributed by atoms with Crippen molar-refractivity contribution in [2.75, 3.05) is 11.9 Å². The molecule has 0 unspecified atom stereocenters. The minimum absolute atomic E-state index is 0.0924. The summed E-state index contributed by atoms with van der Waals surface area (Å²) in [5, 5.41) is 5.92. The van der Waals surface area contributed by atoms with E-state index in [1.54, 1.807) is 6.92 Å². The average Bonchev–Trinajstić information content (AvgIpc) is 2.57. The Hall–Kier alpha value is -1.62. The van der Waals surface area contributed by atoms with E-state index < -0.39 is 0 Å². The third-order valence-electron chi connectivity index (χ3n) is 4.21. The van der Waals surface area contributed by atoms with E-state index in [2.05, 4.69) is 10.6 Å². The van der Waals surface area contributed by atoms with Crippen LogP contribution in [-0.4, -0.2) is 17.6 Å². The van der Waals surface area contributed by atoms with E-state index in [0.29, 0.717) is 11.5 Å². The van der Waals surface area contributed by atoms with Crippen LogP contribution in [0.2, 0.25) is 0 Å². The highest BCUT2D eigenvalue weighted by atomic mass is 32.1. The van der Waals surface area contributed by atoms with E-state index in [1.165, 1.54) is 32.1 Å². The molecule has 0 spiro atoms. The van der Waals surface area contributed by atoms with Crippen molar-refractivity contribution in [2.45, 2.75) is 51.9 Å². The van der Waals surface area contributed by atoms with Crippen LogP contribution in [0, 0.1) is 5.92 Å². The standard InChI is InChI=1S/C18H26N2O2S/c1-2-17(21)20-18(23)19-15-8-10-16(11-9-15)22-13-12-14-6-4-3-5-7-14/h8-11,14H,2-7,12-13H2,1H3,(H2,19,20,21,23). The molecule has 1 fully saturated rings. The lowest BCUT2D eigenvalue weighted by molar-refractivity contribution is -0.119. The molecule has 0 heterocycles. The summed E-state index contributed by atoms with van der Waals surface area (Å²) in [7, 11) is 0. The Kier molecular flexibility index (Phi) is 7.33. The van der Waals surface area contributed by atoms with Gasteiger partial charge in [0.15, 0.2) is 5.11 Å². The number of carbonyl (C=O) groups excluding carboxylic acids is 1. The number of hydrogen-bond acceptors (Lipinski definition) is 3. The van der Waals surface area contributed by atoms with Gasteiger partial charge in [-0.25, -0.2) is 0 Å². The van der Waals surface area contributed by atoms with Crippen LogP contribution in [0.25, 0.3) is 0 Å². The summed E-state index contributed by atoms with van der Waals surface area (Å²) in [6, 6.07) is 7.65. The lowest BCUT2D eigenvalue weighted by Gasteiger charge is -2.21. The zero-order chi connectivity index (χ0) is 16.5. The third-order valence-corrected chi connectivity index (χ3v) is 4.41. The van der Waals surface area contributed by atoms with E-state index in [4.69, 9.17) is 17.0 Å². The van der Waals surface area contributed by atoms with Crippen molar-refractivity contribution in [1.82, 2.24) is 5.32 Å². The van der Waals surface area contributed by atoms with Gasteiger partial charge in [-0.2, -0.15) is 0 Å². The van der Waals surface area contributed by atoms with Gasteiger partial charge in [-0.05, 0) is 48.8 Å². The summed E-state index contributed by atoms with van der Waals surface area (Å²) < 4.78 is 5.82. The van der Waals surface area contributed by atoms with Crippen molar-refractivity contribution >= 4 is 28.9 Å². The van der Waals surface area contributed by atoms with E-state index in [9.17, 15) is 4.79 Å². The molecule has 1 aliphatic rings. The van der Waals surface area contributed by atoms with E-state index in [-0.39, 0.29) is 5.91 Å². The van der Waals surface area contributed by atoms with Crippen LogP contribution < -0.4 is 15.4 Å². The summed E-state index contributed by atoms with van der Waals surface area (Å²) >= 11 is 5.08. The number of anilines is 1. The topological polar surface area (TPSA) is 50.4 Å². The van der Waals surface area contributed by atoms with Gasteiger partial charge in [0.2, 0.25) is 5.91 Å². The molecule has 1 aliphatic carbocycles. The molecule has 126 valence electrons. The molecule has 1 aromatic rings. The van der Waals surface area contributed by atoms with Gasteiger partial charge in [-0.1, -0.05) is 39.0 Å². The number of amides is 1. The molecule has 2 N–H and O–H groups in total. The van der Waals surface area contributed by atoms with Crippen molar-refractivity contribution in [3.63, 3.8) is 0 Å². The molecule has 1 saturated carbocycles. The largest absolute Gasteiger partial charge is 0.494 e. The average molecular weight is 334 g/mol. The second kappa shape index (κ2) is 9.50. The zero-order valence-corrected chi connectivity index (χ0v) is 14.6. The fourth-order valence-corrected chi connectivity index (χ4v) is 3.06. The molecule has 0 aromatic heterocycles. The second-order valence-corrected chi connectivity index (χ2v) is 6.43. The predicted molar refractivity (Wildman–Crippen MR) is 97.8 cm³/mol. The number of hydrogen-bond donors (Lipinski definition) is 2. The Labute approximate surface area is 144 Å². The van der Waals surface area contributed by atoms with Crippen molar-refractivity contribution < 1.29 is 9.53 Å². The van der Waals surface area contributed by atoms with Gasteiger partial charge < -0.3 is 15.4 Å². The summed E-state index contributed by atoms with van der Waals surface area (Å²) in [5.41, 5.74) is 0.839. The minimum atomic E-state index is -0.0924. The van der Waals surface area contributed by atoms with Gasteiger partial charge in [-0.3, -0.25) is 4.79 Å². The van der Waals surface area contributed by atoms with Crippen LogP contribution in [0.1, 0.15) is 51.9 Å². The van der Waals surface area contributed by atoms with Crippen LogP contribution in [0.15, 0.2) is 24.3 Å². The van der Waals surface area contributed by atoms with Gasteiger partial charge in [0, 0.05) is 12.1 Å². The van der Waals surface area contributed by atoms with Crippen LogP contribution in [0.3, 0.4) is 0 Å². The highest BCUT2D eigenvalue weighted by Gasteiger charge is 2.13. The SMILES string of the molecule is CCC(=O)NC(=S)Nc1ccc(OCCC2CCCCC2)cc1. The van der Waals surface area contributed by atoms with Crippen LogP contribution >= 0.6 is 12.2 Å². The van der Waals surface area contributed by atoms with Gasteiger partial charge in [0.1, 0.15) is 5.75 Å². The zero-order valence-electron chi connectivity index (χ0n) is 13.8. The number of nitrogens with one attached hydrogen (secondary N) is 2. The molecule has 2 rings (SSSR count). The lowest BCUT2D eigenvalue weighted by atomic mass is 9.87. The fourth-order valence-electron chi connectivity index (χ4n) is 2.83. The maximum atomic E-state index is 11.3. The number of ether oxygens (including phenoxy) is 1. The third kappa shape index (κ3) is 6.57. The van der Waals surface area contributed by atoms with Gasteiger partial charge in [-0.15, -0.1) is 0 Å². The maximum Gasteiger partial charge on any atom is 0.225 e. The number of thiocarbonyl (C=S) groups is 1. The molecular weight excluding hydrogens is 308 g/mol. The first-order valence-corrected chi connectivity index (χ1v) is 8.92. The Morgan fingerprint density at radius 3 is 2.57 bits per heavy atom. The van der Waals surface area contributed by atoms with Gasteiger partial charge in [0.25, 0.3) is 0 Å².